The van der Waals surface area contributed by atoms with Gasteiger partial charge in [0.05, 0.1) is 0 Å². The minimum Gasteiger partial charge on any atom is -0.374 e. The van der Waals surface area contributed by atoms with Crippen LogP contribution in [0.4, 0.5) is 5.69 Å². The van der Waals surface area contributed by atoms with Gasteiger partial charge in [0.25, 0.3) is 11.5 Å². The van der Waals surface area contributed by atoms with Gasteiger partial charge < -0.3 is 15.2 Å². The quantitative estimate of drug-likeness (QED) is 0.801. The van der Waals surface area contributed by atoms with Crippen molar-refractivity contribution in [3.63, 3.8) is 0 Å². The lowest BCUT2D eigenvalue weighted by atomic mass is 9.99. The van der Waals surface area contributed by atoms with E-state index in [0.717, 1.165) is 49.7 Å². The predicted octanol–water partition coefficient (Wildman–Crippen LogP) is 2.67. The number of anilines is 1. The van der Waals surface area contributed by atoms with Crippen molar-refractivity contribution in [2.24, 2.45) is 5.92 Å². The van der Waals surface area contributed by atoms with Crippen LogP contribution in [0, 0.1) is 5.92 Å². The second kappa shape index (κ2) is 7.91. The Hall–Kier alpha value is -2.60. The van der Waals surface area contributed by atoms with E-state index < -0.39 is 0 Å². The van der Waals surface area contributed by atoms with E-state index in [1.807, 2.05) is 6.07 Å². The molecule has 3 heterocycles. The number of fused-ring (bicyclic) bond motifs is 3. The molecule has 0 spiro atoms. The van der Waals surface area contributed by atoms with Gasteiger partial charge in [-0.1, -0.05) is 12.1 Å². The summed E-state index contributed by atoms with van der Waals surface area (Å²) in [6.07, 6.45) is 6.14. The van der Waals surface area contributed by atoms with Crippen LogP contribution in [0.2, 0.25) is 0 Å². The zero-order chi connectivity index (χ0) is 20.7. The van der Waals surface area contributed by atoms with E-state index in [2.05, 4.69) is 45.3 Å². The minimum absolute atomic E-state index is 0.180. The monoisotopic (exact) mass is 406 g/mol. The summed E-state index contributed by atoms with van der Waals surface area (Å²) in [5.41, 5.74) is 4.43. The van der Waals surface area contributed by atoms with Crippen LogP contribution in [-0.4, -0.2) is 42.0 Å². The number of rotatable bonds is 5. The van der Waals surface area contributed by atoms with E-state index in [4.69, 9.17) is 0 Å². The molecule has 30 heavy (non-hydrogen) atoms. The van der Waals surface area contributed by atoms with Gasteiger partial charge in [-0.2, -0.15) is 0 Å². The largest absolute Gasteiger partial charge is 0.374 e. The number of H-pyrrole nitrogens is 1. The van der Waals surface area contributed by atoms with Gasteiger partial charge in [-0.25, -0.2) is 0 Å². The average molecular weight is 407 g/mol. The third-order valence-electron chi connectivity index (χ3n) is 7.06. The number of nitrogens with one attached hydrogen (secondary N) is 2. The molecule has 3 aliphatic rings. The molecule has 5 rings (SSSR count). The Balaban J connectivity index is 1.21. The van der Waals surface area contributed by atoms with Crippen LogP contribution in [-0.2, 0) is 19.5 Å². The fourth-order valence-corrected chi connectivity index (χ4v) is 5.45. The summed E-state index contributed by atoms with van der Waals surface area (Å²) in [5, 5.41) is 2.91. The molecule has 0 radical (unpaired) electrons. The predicted molar refractivity (Wildman–Crippen MR) is 118 cm³/mol. The van der Waals surface area contributed by atoms with E-state index in [9.17, 15) is 9.59 Å². The van der Waals surface area contributed by atoms with Crippen molar-refractivity contribution in [3.05, 3.63) is 63.1 Å². The highest BCUT2D eigenvalue weighted by Crippen LogP contribution is 2.37. The summed E-state index contributed by atoms with van der Waals surface area (Å²) in [4.78, 5) is 32.8. The number of carbonyl (C=O) groups excluding carboxylic acids is 1. The number of piperidine rings is 1. The Morgan fingerprint density at radius 2 is 2.13 bits per heavy atom. The molecule has 158 valence electrons. The van der Waals surface area contributed by atoms with Crippen LogP contribution in [0.3, 0.4) is 0 Å². The maximum Gasteiger partial charge on any atom is 0.261 e. The molecule has 0 unspecified atom stereocenters. The summed E-state index contributed by atoms with van der Waals surface area (Å²) in [7, 11) is 2.11. The number of aromatic amines is 1. The summed E-state index contributed by atoms with van der Waals surface area (Å²) in [5.74, 6) is 0.508. The van der Waals surface area contributed by atoms with Crippen LogP contribution in [0.15, 0.2) is 35.1 Å². The van der Waals surface area contributed by atoms with E-state index in [0.29, 0.717) is 12.6 Å². The minimum atomic E-state index is -0.321. The van der Waals surface area contributed by atoms with Crippen LogP contribution in [0.1, 0.15) is 52.9 Å². The van der Waals surface area contributed by atoms with Gasteiger partial charge in [-0.05, 0) is 67.3 Å². The molecule has 1 amide bonds. The van der Waals surface area contributed by atoms with Gasteiger partial charge in [-0.15, -0.1) is 0 Å². The number of hydrogen-bond donors (Lipinski definition) is 2. The summed E-state index contributed by atoms with van der Waals surface area (Å²) < 4.78 is 0. The molecule has 6 heteroatoms. The maximum atomic E-state index is 12.6. The van der Waals surface area contributed by atoms with Gasteiger partial charge in [0, 0.05) is 50.6 Å². The summed E-state index contributed by atoms with van der Waals surface area (Å²) >= 11 is 0. The molecule has 2 N–H and O–H groups in total. The molecule has 1 aromatic carbocycles. The van der Waals surface area contributed by atoms with E-state index in [1.165, 1.54) is 30.5 Å². The zero-order valence-corrected chi connectivity index (χ0v) is 17.6. The Kier molecular flexibility index (Phi) is 5.11. The fraction of sp³-hybridized carbons (Fsp3) is 0.500. The summed E-state index contributed by atoms with van der Waals surface area (Å²) in [6.45, 7) is 3.40. The van der Waals surface area contributed by atoms with E-state index in [-0.39, 0.29) is 17.0 Å². The first kappa shape index (κ1) is 19.4. The Labute approximate surface area is 177 Å². The topological polar surface area (TPSA) is 68.4 Å². The van der Waals surface area contributed by atoms with Crippen LogP contribution < -0.4 is 15.8 Å². The average Bonchev–Trinajstić information content (AvgIpc) is 3.35. The van der Waals surface area contributed by atoms with Gasteiger partial charge in [0.15, 0.2) is 0 Å². The Bertz CT molecular complexity index is 1010. The van der Waals surface area contributed by atoms with Gasteiger partial charge >= 0.3 is 0 Å². The molecule has 2 fully saturated rings. The van der Waals surface area contributed by atoms with Gasteiger partial charge in [-0.3, -0.25) is 14.5 Å². The van der Waals surface area contributed by atoms with Crippen molar-refractivity contribution in [2.75, 3.05) is 25.0 Å². The SMILES string of the molecule is CN1CCCc2cc(CNC(=O)c3ccc(CN4C[C@@H]5CC[C@@H]4C5)[nH]c3=O)ccc21. The third-order valence-corrected chi connectivity index (χ3v) is 7.06. The number of aryl methyl sites for hydroxylation is 1. The van der Waals surface area contributed by atoms with Crippen molar-refractivity contribution in [1.82, 2.24) is 15.2 Å². The highest BCUT2D eigenvalue weighted by Gasteiger charge is 2.37. The lowest BCUT2D eigenvalue weighted by Crippen LogP contribution is -2.33. The molecule has 1 aliphatic carbocycles. The molecule has 1 aromatic heterocycles. The molecule has 2 aliphatic heterocycles. The molecular formula is C24H30N4O2. The van der Waals surface area contributed by atoms with E-state index >= 15 is 0 Å². The molecule has 2 aromatic rings. The van der Waals surface area contributed by atoms with E-state index in [1.54, 1.807) is 6.07 Å². The molecule has 1 saturated heterocycles. The lowest BCUT2D eigenvalue weighted by Gasteiger charge is -2.27. The standard InChI is InChI=1S/C24H30N4O2/c1-27-10-2-3-18-11-16(5-9-22(18)27)13-25-23(29)21-8-6-19(26-24(21)30)15-28-14-17-4-7-20(28)12-17/h5-6,8-9,11,17,20H,2-4,7,10,12-15H2,1H3,(H,25,29)(H,26,30)/t17-,20-/m1/s1. The number of benzene rings is 1. The fourth-order valence-electron chi connectivity index (χ4n) is 5.45. The van der Waals surface area contributed by atoms with Crippen molar-refractivity contribution in [2.45, 2.75) is 51.2 Å². The maximum absolute atomic E-state index is 12.6. The molecular weight excluding hydrogens is 376 g/mol. The van der Waals surface area contributed by atoms with Crippen LogP contribution in [0.25, 0.3) is 0 Å². The van der Waals surface area contributed by atoms with Crippen molar-refractivity contribution >= 4 is 11.6 Å². The van der Waals surface area contributed by atoms with Crippen molar-refractivity contribution in [3.8, 4) is 0 Å². The Morgan fingerprint density at radius 1 is 1.23 bits per heavy atom. The molecule has 2 bridgehead atoms. The normalized spacial score (nSPS) is 22.9. The smallest absolute Gasteiger partial charge is 0.261 e. The van der Waals surface area contributed by atoms with Gasteiger partial charge in [0.1, 0.15) is 5.56 Å². The number of amides is 1. The number of carbonyl (C=O) groups is 1. The zero-order valence-electron chi connectivity index (χ0n) is 17.6. The number of pyridine rings is 1. The number of aromatic nitrogens is 1. The summed E-state index contributed by atoms with van der Waals surface area (Å²) in [6, 6.07) is 10.6. The second-order valence-electron chi connectivity index (χ2n) is 9.16. The van der Waals surface area contributed by atoms with Crippen LogP contribution >= 0.6 is 0 Å². The van der Waals surface area contributed by atoms with Crippen molar-refractivity contribution < 1.29 is 4.79 Å². The highest BCUT2D eigenvalue weighted by molar-refractivity contribution is 5.93. The van der Waals surface area contributed by atoms with Crippen LogP contribution in [0.5, 0.6) is 0 Å². The molecule has 6 nitrogen and oxygen atoms in total. The lowest BCUT2D eigenvalue weighted by molar-refractivity contribution is 0.0949. The number of likely N-dealkylation sites (tertiary alicyclic amines) is 1. The number of hydrogen-bond acceptors (Lipinski definition) is 4. The third kappa shape index (κ3) is 3.76. The molecule has 2 atom stereocenters. The van der Waals surface area contributed by atoms with Gasteiger partial charge in [0.2, 0.25) is 0 Å². The van der Waals surface area contributed by atoms with Crippen molar-refractivity contribution in [1.29, 1.82) is 0 Å². The first-order valence-electron chi connectivity index (χ1n) is 11.1. The second-order valence-corrected chi connectivity index (χ2v) is 9.16. The Morgan fingerprint density at radius 3 is 2.90 bits per heavy atom. The molecule has 1 saturated carbocycles. The first-order chi connectivity index (χ1) is 14.6. The number of nitrogens with zero attached hydrogens (tertiary/aromatic N) is 2. The first-order valence-corrected chi connectivity index (χ1v) is 11.1. The highest BCUT2D eigenvalue weighted by atomic mass is 16.2.